The van der Waals surface area contributed by atoms with Crippen molar-refractivity contribution in [1.29, 1.82) is 0 Å². The smallest absolute Gasteiger partial charge is 0.309 e. The van der Waals surface area contributed by atoms with Gasteiger partial charge in [0.15, 0.2) is 0 Å². The van der Waals surface area contributed by atoms with Crippen LogP contribution in [0.2, 0.25) is 0 Å². The first-order chi connectivity index (χ1) is 8.47. The highest BCUT2D eigenvalue weighted by molar-refractivity contribution is 9.10. The van der Waals surface area contributed by atoms with Crippen molar-refractivity contribution in [3.63, 3.8) is 0 Å². The number of halogens is 1. The van der Waals surface area contributed by atoms with E-state index in [-0.39, 0.29) is 6.42 Å². The highest BCUT2D eigenvalue weighted by Crippen LogP contribution is 2.25. The summed E-state index contributed by atoms with van der Waals surface area (Å²) >= 11 is 3.49. The molecule has 0 aliphatic heterocycles. The van der Waals surface area contributed by atoms with Crippen LogP contribution in [0, 0.1) is 13.8 Å². The van der Waals surface area contributed by atoms with Crippen LogP contribution in [0.15, 0.2) is 22.8 Å². The number of aryl methyl sites for hydroxylation is 2. The molecule has 1 heterocycles. The van der Waals surface area contributed by atoms with E-state index in [0.29, 0.717) is 5.69 Å². The van der Waals surface area contributed by atoms with Crippen molar-refractivity contribution in [3.8, 4) is 5.69 Å². The summed E-state index contributed by atoms with van der Waals surface area (Å²) in [5.41, 5.74) is 3.52. The predicted octanol–water partition coefficient (Wildman–Crippen LogP) is 2.27. The molecule has 18 heavy (non-hydrogen) atoms. The second-order valence-corrected chi connectivity index (χ2v) is 4.99. The average Bonchev–Trinajstić information content (AvgIpc) is 2.63. The summed E-state index contributed by atoms with van der Waals surface area (Å²) < 4.78 is 2.50. The third-order valence-corrected chi connectivity index (χ3v) is 3.11. The fraction of sp³-hybridized carbons (Fsp3) is 0.250. The number of carbonyl (C=O) groups is 1. The van der Waals surface area contributed by atoms with Crippen LogP contribution in [0.4, 0.5) is 0 Å². The van der Waals surface area contributed by atoms with Crippen molar-refractivity contribution in [2.45, 2.75) is 20.3 Å². The van der Waals surface area contributed by atoms with Gasteiger partial charge in [-0.3, -0.25) is 4.79 Å². The Morgan fingerprint density at radius 2 is 2.17 bits per heavy atom. The van der Waals surface area contributed by atoms with E-state index in [2.05, 4.69) is 26.2 Å². The van der Waals surface area contributed by atoms with Crippen molar-refractivity contribution in [2.75, 3.05) is 0 Å². The fourth-order valence-corrected chi connectivity index (χ4v) is 2.70. The van der Waals surface area contributed by atoms with Crippen molar-refractivity contribution in [3.05, 3.63) is 39.6 Å². The lowest BCUT2D eigenvalue weighted by Crippen LogP contribution is -2.00. The standard InChI is InChI=1S/C12H12BrN3O2/c1-7-3-8(2)12(10(13)4-7)16-6-9(14-15-16)5-11(17)18/h3-4,6H,5H2,1-2H3,(H,17,18). The van der Waals surface area contributed by atoms with Gasteiger partial charge in [0.25, 0.3) is 0 Å². The molecule has 0 spiro atoms. The average molecular weight is 310 g/mol. The van der Waals surface area contributed by atoms with Crippen LogP contribution in [0.25, 0.3) is 5.69 Å². The molecule has 0 fully saturated rings. The molecular weight excluding hydrogens is 298 g/mol. The molecule has 0 unspecified atom stereocenters. The van der Waals surface area contributed by atoms with Crippen LogP contribution >= 0.6 is 15.9 Å². The van der Waals surface area contributed by atoms with Gasteiger partial charge in [-0.15, -0.1) is 5.10 Å². The van der Waals surface area contributed by atoms with E-state index in [9.17, 15) is 4.79 Å². The van der Waals surface area contributed by atoms with Gasteiger partial charge in [0.2, 0.25) is 0 Å². The molecule has 6 heteroatoms. The molecule has 1 aromatic heterocycles. The normalized spacial score (nSPS) is 10.6. The number of aromatic nitrogens is 3. The molecule has 0 amide bonds. The highest BCUT2D eigenvalue weighted by Gasteiger charge is 2.11. The van der Waals surface area contributed by atoms with E-state index in [0.717, 1.165) is 21.3 Å². The zero-order chi connectivity index (χ0) is 13.3. The van der Waals surface area contributed by atoms with Gasteiger partial charge in [-0.2, -0.15) is 0 Å². The first kappa shape index (κ1) is 12.8. The van der Waals surface area contributed by atoms with Crippen LogP contribution in [0.1, 0.15) is 16.8 Å². The number of hydrogen-bond acceptors (Lipinski definition) is 3. The molecule has 0 aliphatic carbocycles. The number of aliphatic carboxylic acids is 1. The zero-order valence-corrected chi connectivity index (χ0v) is 11.6. The number of rotatable bonds is 3. The lowest BCUT2D eigenvalue weighted by Gasteiger charge is -2.08. The Labute approximate surface area is 113 Å². The van der Waals surface area contributed by atoms with Gasteiger partial charge in [-0.1, -0.05) is 11.3 Å². The Bertz CT molecular complexity index is 584. The monoisotopic (exact) mass is 309 g/mol. The minimum absolute atomic E-state index is 0.122. The summed E-state index contributed by atoms with van der Waals surface area (Å²) in [7, 11) is 0. The molecule has 1 N–H and O–H groups in total. The molecule has 0 aliphatic rings. The van der Waals surface area contributed by atoms with Gasteiger partial charge in [0, 0.05) is 4.47 Å². The van der Waals surface area contributed by atoms with E-state index >= 15 is 0 Å². The largest absolute Gasteiger partial charge is 0.481 e. The summed E-state index contributed by atoms with van der Waals surface area (Å²) in [6.07, 6.45) is 1.51. The summed E-state index contributed by atoms with van der Waals surface area (Å²) in [6, 6.07) is 4.03. The number of benzene rings is 1. The second-order valence-electron chi connectivity index (χ2n) is 4.14. The number of hydrogen-bond donors (Lipinski definition) is 1. The first-order valence-corrected chi connectivity index (χ1v) is 6.17. The van der Waals surface area contributed by atoms with Crippen LogP contribution in [0.3, 0.4) is 0 Å². The van der Waals surface area contributed by atoms with Gasteiger partial charge >= 0.3 is 5.97 Å². The molecule has 0 bridgehead atoms. The summed E-state index contributed by atoms with van der Waals surface area (Å²) in [5.74, 6) is -0.915. The van der Waals surface area contributed by atoms with Crippen molar-refractivity contribution in [1.82, 2.24) is 15.0 Å². The van der Waals surface area contributed by atoms with E-state index in [4.69, 9.17) is 5.11 Å². The SMILES string of the molecule is Cc1cc(C)c(-n2cc(CC(=O)O)nn2)c(Br)c1. The summed E-state index contributed by atoms with van der Waals surface area (Å²) in [4.78, 5) is 10.6. The first-order valence-electron chi connectivity index (χ1n) is 5.37. The molecule has 94 valence electrons. The van der Waals surface area contributed by atoms with Crippen molar-refractivity contribution in [2.24, 2.45) is 0 Å². The summed E-state index contributed by atoms with van der Waals surface area (Å²) in [5, 5.41) is 16.5. The van der Waals surface area contributed by atoms with Gasteiger partial charge in [-0.25, -0.2) is 4.68 Å². The number of carboxylic acids is 1. The maximum Gasteiger partial charge on any atom is 0.309 e. The molecule has 5 nitrogen and oxygen atoms in total. The maximum atomic E-state index is 10.6. The molecule has 0 saturated heterocycles. The van der Waals surface area contributed by atoms with E-state index in [1.807, 2.05) is 26.0 Å². The number of carboxylic acid groups (broad SMARTS) is 1. The van der Waals surface area contributed by atoms with E-state index in [1.165, 1.54) is 0 Å². The molecule has 1 aromatic carbocycles. The topological polar surface area (TPSA) is 68.0 Å². The zero-order valence-electron chi connectivity index (χ0n) is 10.0. The van der Waals surface area contributed by atoms with Crippen LogP contribution < -0.4 is 0 Å². The molecule has 0 radical (unpaired) electrons. The molecule has 0 saturated carbocycles. The lowest BCUT2D eigenvalue weighted by atomic mass is 10.1. The Hall–Kier alpha value is -1.69. The highest BCUT2D eigenvalue weighted by atomic mass is 79.9. The van der Waals surface area contributed by atoms with E-state index in [1.54, 1.807) is 10.9 Å². The molecule has 2 aromatic rings. The Morgan fingerprint density at radius 3 is 2.78 bits per heavy atom. The van der Waals surface area contributed by atoms with Crippen molar-refractivity contribution >= 4 is 21.9 Å². The fourth-order valence-electron chi connectivity index (χ4n) is 1.84. The molecule has 2 rings (SSSR count). The second kappa shape index (κ2) is 4.89. The van der Waals surface area contributed by atoms with Gasteiger partial charge < -0.3 is 5.11 Å². The van der Waals surface area contributed by atoms with Gasteiger partial charge in [-0.05, 0) is 47.0 Å². The van der Waals surface area contributed by atoms with Gasteiger partial charge in [0.1, 0.15) is 0 Å². The minimum atomic E-state index is -0.915. The van der Waals surface area contributed by atoms with E-state index < -0.39 is 5.97 Å². The molecule has 0 atom stereocenters. The van der Waals surface area contributed by atoms with Gasteiger partial charge in [0.05, 0.1) is 24.0 Å². The third-order valence-electron chi connectivity index (χ3n) is 2.50. The Morgan fingerprint density at radius 1 is 1.44 bits per heavy atom. The maximum absolute atomic E-state index is 10.6. The molecular formula is C12H12BrN3O2. The lowest BCUT2D eigenvalue weighted by molar-refractivity contribution is -0.136. The quantitative estimate of drug-likeness (QED) is 0.944. The van der Waals surface area contributed by atoms with Crippen LogP contribution in [-0.4, -0.2) is 26.1 Å². The van der Waals surface area contributed by atoms with Crippen LogP contribution in [0.5, 0.6) is 0 Å². The van der Waals surface area contributed by atoms with Crippen molar-refractivity contribution < 1.29 is 9.90 Å². The predicted molar refractivity (Wildman–Crippen MR) is 69.9 cm³/mol. The Balaban J connectivity index is 2.43. The number of nitrogens with zero attached hydrogens (tertiary/aromatic N) is 3. The van der Waals surface area contributed by atoms with Crippen LogP contribution in [-0.2, 0) is 11.2 Å². The summed E-state index contributed by atoms with van der Waals surface area (Å²) in [6.45, 7) is 3.99. The minimum Gasteiger partial charge on any atom is -0.481 e. The Kier molecular flexibility index (Phi) is 3.47. The third kappa shape index (κ3) is 2.59.